The van der Waals surface area contributed by atoms with Crippen LogP contribution in [-0.2, 0) is 0 Å². The number of aromatic amines is 1. The lowest BCUT2D eigenvalue weighted by Gasteiger charge is -1.96. The summed E-state index contributed by atoms with van der Waals surface area (Å²) in [6.45, 7) is 2.05. The Balaban J connectivity index is 1.76. The van der Waals surface area contributed by atoms with E-state index in [1.807, 2.05) is 61.7 Å². The Morgan fingerprint density at radius 1 is 1.00 bits per heavy atom. The lowest BCUT2D eigenvalue weighted by atomic mass is 10.1. The zero-order chi connectivity index (χ0) is 14.2. The second kappa shape index (κ2) is 4.59. The van der Waals surface area contributed by atoms with E-state index >= 15 is 0 Å². The Bertz CT molecular complexity index is 920. The molecular formula is C17H13N3O. The fourth-order valence-corrected chi connectivity index (χ4v) is 2.42. The summed E-state index contributed by atoms with van der Waals surface area (Å²) in [6.07, 6.45) is 1.92. The molecule has 0 amide bonds. The summed E-state index contributed by atoms with van der Waals surface area (Å²) in [6, 6.07) is 16.1. The van der Waals surface area contributed by atoms with E-state index in [0.717, 1.165) is 22.0 Å². The Morgan fingerprint density at radius 2 is 1.95 bits per heavy atom. The number of benzene rings is 2. The van der Waals surface area contributed by atoms with Crippen LogP contribution < -0.4 is 0 Å². The van der Waals surface area contributed by atoms with Gasteiger partial charge in [0.2, 0.25) is 5.82 Å². The first-order valence-electron chi connectivity index (χ1n) is 6.78. The SMILES string of the molecule is Cc1cccc(-c2noc(-c3ccc4cc[nH]c4c3)n2)c1. The molecule has 0 spiro atoms. The highest BCUT2D eigenvalue weighted by Gasteiger charge is 2.11. The van der Waals surface area contributed by atoms with E-state index in [4.69, 9.17) is 4.52 Å². The van der Waals surface area contributed by atoms with E-state index in [1.165, 1.54) is 5.56 Å². The number of nitrogens with one attached hydrogen (secondary N) is 1. The zero-order valence-electron chi connectivity index (χ0n) is 11.5. The fraction of sp³-hybridized carbons (Fsp3) is 0.0588. The van der Waals surface area contributed by atoms with Crippen molar-refractivity contribution in [3.63, 3.8) is 0 Å². The van der Waals surface area contributed by atoms with Crippen LogP contribution in [0.3, 0.4) is 0 Å². The van der Waals surface area contributed by atoms with Crippen LogP contribution in [0, 0.1) is 6.92 Å². The minimum Gasteiger partial charge on any atom is -0.361 e. The van der Waals surface area contributed by atoms with Gasteiger partial charge >= 0.3 is 0 Å². The number of H-pyrrole nitrogens is 1. The Morgan fingerprint density at radius 3 is 2.86 bits per heavy atom. The second-order valence-corrected chi connectivity index (χ2v) is 5.07. The Kier molecular flexibility index (Phi) is 2.60. The lowest BCUT2D eigenvalue weighted by molar-refractivity contribution is 0.432. The van der Waals surface area contributed by atoms with Crippen LogP contribution in [0.2, 0.25) is 0 Å². The molecule has 2 aromatic carbocycles. The van der Waals surface area contributed by atoms with Crippen LogP contribution >= 0.6 is 0 Å². The number of fused-ring (bicyclic) bond motifs is 1. The molecular weight excluding hydrogens is 262 g/mol. The molecule has 0 aliphatic rings. The summed E-state index contributed by atoms with van der Waals surface area (Å²) < 4.78 is 5.40. The summed E-state index contributed by atoms with van der Waals surface area (Å²) in [5.41, 5.74) is 4.11. The van der Waals surface area contributed by atoms with E-state index in [9.17, 15) is 0 Å². The number of aromatic nitrogens is 3. The van der Waals surface area contributed by atoms with Gasteiger partial charge in [0, 0.05) is 22.8 Å². The molecule has 2 heterocycles. The van der Waals surface area contributed by atoms with Crippen LogP contribution in [0.15, 0.2) is 59.3 Å². The van der Waals surface area contributed by atoms with Crippen molar-refractivity contribution >= 4 is 10.9 Å². The van der Waals surface area contributed by atoms with Crippen molar-refractivity contribution in [1.82, 2.24) is 15.1 Å². The molecule has 0 aliphatic carbocycles. The van der Waals surface area contributed by atoms with E-state index < -0.39 is 0 Å². The average molecular weight is 275 g/mol. The Hall–Kier alpha value is -2.88. The van der Waals surface area contributed by atoms with E-state index in [-0.39, 0.29) is 0 Å². The van der Waals surface area contributed by atoms with Gasteiger partial charge in [0.15, 0.2) is 0 Å². The molecule has 0 aliphatic heterocycles. The number of rotatable bonds is 2. The first-order valence-corrected chi connectivity index (χ1v) is 6.78. The standard InChI is InChI=1S/C17H13N3O/c1-11-3-2-4-13(9-11)16-19-17(21-20-16)14-6-5-12-7-8-18-15(12)10-14/h2-10,18H,1H3. The number of aryl methyl sites for hydroxylation is 1. The molecule has 4 rings (SSSR count). The minimum atomic E-state index is 0.531. The highest BCUT2D eigenvalue weighted by molar-refractivity contribution is 5.83. The Labute approximate surface area is 121 Å². The molecule has 0 saturated carbocycles. The van der Waals surface area contributed by atoms with Gasteiger partial charge in [-0.2, -0.15) is 4.98 Å². The molecule has 0 fully saturated rings. The predicted octanol–water partition coefficient (Wildman–Crippen LogP) is 4.19. The van der Waals surface area contributed by atoms with Gasteiger partial charge in [-0.3, -0.25) is 0 Å². The summed E-state index contributed by atoms with van der Waals surface area (Å²) in [5.74, 6) is 1.14. The third kappa shape index (κ3) is 2.10. The van der Waals surface area contributed by atoms with Crippen LogP contribution in [0.25, 0.3) is 33.7 Å². The van der Waals surface area contributed by atoms with Crippen molar-refractivity contribution < 1.29 is 4.52 Å². The number of hydrogen-bond donors (Lipinski definition) is 1. The third-order valence-electron chi connectivity index (χ3n) is 3.50. The van der Waals surface area contributed by atoms with Crippen LogP contribution in [0.1, 0.15) is 5.56 Å². The molecule has 0 atom stereocenters. The summed E-state index contributed by atoms with van der Waals surface area (Å²) >= 11 is 0. The van der Waals surface area contributed by atoms with Gasteiger partial charge in [-0.1, -0.05) is 35.0 Å². The maximum Gasteiger partial charge on any atom is 0.258 e. The molecule has 21 heavy (non-hydrogen) atoms. The van der Waals surface area contributed by atoms with Gasteiger partial charge in [0.1, 0.15) is 0 Å². The molecule has 0 unspecified atom stereocenters. The maximum absolute atomic E-state index is 5.40. The fourth-order valence-electron chi connectivity index (χ4n) is 2.42. The van der Waals surface area contributed by atoms with E-state index in [0.29, 0.717) is 11.7 Å². The number of nitrogens with zero attached hydrogens (tertiary/aromatic N) is 2. The monoisotopic (exact) mass is 275 g/mol. The van der Waals surface area contributed by atoms with E-state index in [2.05, 4.69) is 15.1 Å². The third-order valence-corrected chi connectivity index (χ3v) is 3.50. The smallest absolute Gasteiger partial charge is 0.258 e. The van der Waals surface area contributed by atoms with Crippen molar-refractivity contribution in [2.24, 2.45) is 0 Å². The summed E-state index contributed by atoms with van der Waals surface area (Å²) in [7, 11) is 0. The summed E-state index contributed by atoms with van der Waals surface area (Å²) in [4.78, 5) is 7.68. The highest BCUT2D eigenvalue weighted by Crippen LogP contribution is 2.25. The van der Waals surface area contributed by atoms with Crippen LogP contribution in [0.5, 0.6) is 0 Å². The second-order valence-electron chi connectivity index (χ2n) is 5.07. The topological polar surface area (TPSA) is 54.7 Å². The van der Waals surface area contributed by atoms with Crippen LogP contribution in [-0.4, -0.2) is 15.1 Å². The van der Waals surface area contributed by atoms with Gasteiger partial charge < -0.3 is 9.51 Å². The minimum absolute atomic E-state index is 0.531. The molecule has 1 N–H and O–H groups in total. The van der Waals surface area contributed by atoms with Gasteiger partial charge in [-0.15, -0.1) is 0 Å². The summed E-state index contributed by atoms with van der Waals surface area (Å²) in [5, 5.41) is 5.24. The molecule has 2 aromatic heterocycles. The molecule has 102 valence electrons. The quantitative estimate of drug-likeness (QED) is 0.596. The van der Waals surface area contributed by atoms with Gasteiger partial charge in [0.05, 0.1) is 0 Å². The first kappa shape index (κ1) is 11.9. The molecule has 0 bridgehead atoms. The van der Waals surface area contributed by atoms with Crippen molar-refractivity contribution in [3.8, 4) is 22.8 Å². The molecule has 0 saturated heterocycles. The highest BCUT2D eigenvalue weighted by atomic mass is 16.5. The normalized spacial score (nSPS) is 11.1. The first-order chi connectivity index (χ1) is 10.3. The van der Waals surface area contributed by atoms with Crippen molar-refractivity contribution in [2.75, 3.05) is 0 Å². The lowest BCUT2D eigenvalue weighted by Crippen LogP contribution is -1.82. The van der Waals surface area contributed by atoms with Crippen molar-refractivity contribution in [1.29, 1.82) is 0 Å². The molecule has 4 nitrogen and oxygen atoms in total. The van der Waals surface area contributed by atoms with Gasteiger partial charge in [-0.25, -0.2) is 0 Å². The van der Waals surface area contributed by atoms with Gasteiger partial charge in [-0.05, 0) is 36.6 Å². The van der Waals surface area contributed by atoms with E-state index in [1.54, 1.807) is 0 Å². The molecule has 0 radical (unpaired) electrons. The largest absolute Gasteiger partial charge is 0.361 e. The van der Waals surface area contributed by atoms with Crippen LogP contribution in [0.4, 0.5) is 0 Å². The van der Waals surface area contributed by atoms with Crippen molar-refractivity contribution in [2.45, 2.75) is 6.92 Å². The van der Waals surface area contributed by atoms with Crippen molar-refractivity contribution in [3.05, 3.63) is 60.3 Å². The van der Waals surface area contributed by atoms with Gasteiger partial charge in [0.25, 0.3) is 5.89 Å². The maximum atomic E-state index is 5.40. The molecule has 4 heteroatoms. The zero-order valence-corrected chi connectivity index (χ0v) is 11.5. The average Bonchev–Trinajstić information content (AvgIpc) is 3.15. The predicted molar refractivity (Wildman–Crippen MR) is 81.8 cm³/mol. The molecule has 4 aromatic rings. The number of hydrogen-bond acceptors (Lipinski definition) is 3.